The van der Waals surface area contributed by atoms with E-state index in [4.69, 9.17) is 25.5 Å². The zero-order valence-corrected chi connectivity index (χ0v) is 23.9. The van der Waals surface area contributed by atoms with Crippen molar-refractivity contribution in [3.63, 3.8) is 0 Å². The molecule has 0 aliphatic carbocycles. The lowest BCUT2D eigenvalue weighted by Gasteiger charge is -2.24. The summed E-state index contributed by atoms with van der Waals surface area (Å²) in [6, 6.07) is 14.1. The molecular weight excluding hydrogens is 568 g/mol. The Morgan fingerprint density at radius 3 is 2.56 bits per heavy atom. The standard InChI is InChI=1S/C30H25ClN2O7S/c1-4-38-19-9-6-17(7-10-19)26-25(29(37)39-5-2)16(3)32-30-33(26)27(34)24(41-30)15-20-11-13-23(40-20)21-14-18(28(35)36)8-12-22(21)31/h6-15,26H,4-5H2,1-3H3,(H,35,36)/b24-15-/t26-/m1/s1. The average Bonchev–Trinajstić information content (AvgIpc) is 3.53. The van der Waals surface area contributed by atoms with Gasteiger partial charge in [-0.2, -0.15) is 0 Å². The van der Waals surface area contributed by atoms with Crippen LogP contribution < -0.4 is 19.6 Å². The fourth-order valence-electron chi connectivity index (χ4n) is 4.57. The zero-order chi connectivity index (χ0) is 29.3. The van der Waals surface area contributed by atoms with Gasteiger partial charge in [-0.15, -0.1) is 0 Å². The van der Waals surface area contributed by atoms with Crippen LogP contribution in [0.3, 0.4) is 0 Å². The van der Waals surface area contributed by atoms with Crippen molar-refractivity contribution in [2.24, 2.45) is 4.99 Å². The maximum Gasteiger partial charge on any atom is 0.338 e. The Hall–Kier alpha value is -4.41. The summed E-state index contributed by atoms with van der Waals surface area (Å²) in [7, 11) is 0. The Morgan fingerprint density at radius 1 is 1.12 bits per heavy atom. The molecule has 1 atom stereocenters. The van der Waals surface area contributed by atoms with Crippen molar-refractivity contribution in [2.75, 3.05) is 13.2 Å². The molecule has 210 valence electrons. The van der Waals surface area contributed by atoms with Crippen LogP contribution in [0.5, 0.6) is 5.75 Å². The van der Waals surface area contributed by atoms with E-state index in [1.165, 1.54) is 34.1 Å². The van der Waals surface area contributed by atoms with Crippen LogP contribution in [0.15, 0.2) is 80.1 Å². The van der Waals surface area contributed by atoms with E-state index >= 15 is 0 Å². The molecule has 3 heterocycles. The van der Waals surface area contributed by atoms with Gasteiger partial charge >= 0.3 is 11.9 Å². The molecular formula is C30H25ClN2O7S. The van der Waals surface area contributed by atoms with Gasteiger partial charge in [0.05, 0.1) is 45.6 Å². The number of rotatable bonds is 8. The van der Waals surface area contributed by atoms with E-state index < -0.39 is 18.0 Å². The third-order valence-electron chi connectivity index (χ3n) is 6.40. The molecule has 0 fully saturated rings. The number of benzene rings is 2. The summed E-state index contributed by atoms with van der Waals surface area (Å²) in [5.74, 6) is -0.246. The van der Waals surface area contributed by atoms with Gasteiger partial charge in [0.25, 0.3) is 5.56 Å². The first-order chi connectivity index (χ1) is 19.7. The fourth-order valence-corrected chi connectivity index (χ4v) is 5.81. The second-order valence-electron chi connectivity index (χ2n) is 9.01. The number of carboxylic acids is 1. The second kappa shape index (κ2) is 11.6. The number of carbonyl (C=O) groups excluding carboxylic acids is 1. The number of allylic oxidation sites excluding steroid dienone is 1. The van der Waals surface area contributed by atoms with Crippen LogP contribution in [0.2, 0.25) is 5.02 Å². The Kier molecular flexibility index (Phi) is 7.96. The third-order valence-corrected chi connectivity index (χ3v) is 7.72. The van der Waals surface area contributed by atoms with Crippen molar-refractivity contribution in [1.29, 1.82) is 0 Å². The van der Waals surface area contributed by atoms with Gasteiger partial charge in [0.1, 0.15) is 17.3 Å². The first kappa shape index (κ1) is 28.1. The van der Waals surface area contributed by atoms with Gasteiger partial charge in [-0.25, -0.2) is 14.6 Å². The minimum Gasteiger partial charge on any atom is -0.494 e. The number of carboxylic acid groups (broad SMARTS) is 1. The highest BCUT2D eigenvalue weighted by molar-refractivity contribution is 7.07. The minimum absolute atomic E-state index is 0.0673. The van der Waals surface area contributed by atoms with E-state index in [1.807, 2.05) is 19.1 Å². The summed E-state index contributed by atoms with van der Waals surface area (Å²) in [5.41, 5.74) is 1.57. The van der Waals surface area contributed by atoms with Crippen LogP contribution in [0.25, 0.3) is 17.4 Å². The van der Waals surface area contributed by atoms with Crippen LogP contribution in [0, 0.1) is 0 Å². The number of ether oxygens (including phenoxy) is 2. The number of nitrogens with zero attached hydrogens (tertiary/aromatic N) is 2. The number of fused-ring (bicyclic) bond motifs is 1. The lowest BCUT2D eigenvalue weighted by molar-refractivity contribution is -0.139. The van der Waals surface area contributed by atoms with Crippen LogP contribution >= 0.6 is 22.9 Å². The van der Waals surface area contributed by atoms with Gasteiger partial charge in [-0.3, -0.25) is 9.36 Å². The van der Waals surface area contributed by atoms with Crippen molar-refractivity contribution >= 4 is 41.0 Å². The number of esters is 1. The molecule has 1 aliphatic heterocycles. The molecule has 9 nitrogen and oxygen atoms in total. The molecule has 1 N–H and O–H groups in total. The predicted octanol–water partition coefficient (Wildman–Crippen LogP) is 4.81. The van der Waals surface area contributed by atoms with Crippen molar-refractivity contribution in [3.05, 3.63) is 107 Å². The Bertz CT molecular complexity index is 1870. The van der Waals surface area contributed by atoms with E-state index in [0.29, 0.717) is 55.1 Å². The van der Waals surface area contributed by atoms with Crippen LogP contribution in [-0.4, -0.2) is 34.8 Å². The number of hydrogen-bond donors (Lipinski definition) is 1. The van der Waals surface area contributed by atoms with E-state index in [2.05, 4.69) is 4.99 Å². The lowest BCUT2D eigenvalue weighted by Crippen LogP contribution is -2.39. The number of aromatic carboxylic acids is 1. The van der Waals surface area contributed by atoms with Crippen LogP contribution in [-0.2, 0) is 9.53 Å². The molecule has 41 heavy (non-hydrogen) atoms. The molecule has 2 aromatic heterocycles. The van der Waals surface area contributed by atoms with Gasteiger partial charge in [-0.05, 0) is 68.8 Å². The van der Waals surface area contributed by atoms with Crippen molar-refractivity contribution < 1.29 is 28.6 Å². The molecule has 0 unspecified atom stereocenters. The monoisotopic (exact) mass is 592 g/mol. The molecule has 1 aliphatic rings. The summed E-state index contributed by atoms with van der Waals surface area (Å²) < 4.78 is 18.7. The SMILES string of the molecule is CCOC(=O)C1=C(C)N=c2s/c(=C\c3ccc(-c4cc(C(=O)O)ccc4Cl)o3)c(=O)n2[C@@H]1c1ccc(OCC)cc1. The Labute approximate surface area is 243 Å². The molecule has 4 aromatic rings. The zero-order valence-electron chi connectivity index (χ0n) is 22.3. The number of furan rings is 1. The normalized spacial score (nSPS) is 14.9. The first-order valence-electron chi connectivity index (χ1n) is 12.8. The molecule has 0 radical (unpaired) electrons. The number of halogens is 1. The van der Waals surface area contributed by atoms with E-state index in [0.717, 1.165) is 0 Å². The molecule has 0 bridgehead atoms. The quantitative estimate of drug-likeness (QED) is 0.292. The summed E-state index contributed by atoms with van der Waals surface area (Å²) in [4.78, 5) is 43.3. The van der Waals surface area contributed by atoms with Gasteiger partial charge in [0.15, 0.2) is 4.80 Å². The first-order valence-corrected chi connectivity index (χ1v) is 14.0. The predicted molar refractivity (Wildman–Crippen MR) is 154 cm³/mol. The molecule has 0 amide bonds. The number of hydrogen-bond acceptors (Lipinski definition) is 8. The molecule has 0 saturated heterocycles. The second-order valence-corrected chi connectivity index (χ2v) is 10.4. The summed E-state index contributed by atoms with van der Waals surface area (Å²) in [5, 5.41) is 9.66. The van der Waals surface area contributed by atoms with Crippen LogP contribution in [0.4, 0.5) is 0 Å². The summed E-state index contributed by atoms with van der Waals surface area (Å²) in [6.45, 7) is 6.01. The molecule has 0 saturated carbocycles. The number of thiazole rings is 1. The van der Waals surface area contributed by atoms with Gasteiger partial charge in [-0.1, -0.05) is 35.1 Å². The third kappa shape index (κ3) is 5.48. The summed E-state index contributed by atoms with van der Waals surface area (Å²) in [6.07, 6.45) is 1.58. The van der Waals surface area contributed by atoms with Gasteiger partial charge in [0, 0.05) is 11.6 Å². The number of carbonyl (C=O) groups is 2. The Balaban J connectivity index is 1.61. The minimum atomic E-state index is -1.09. The van der Waals surface area contributed by atoms with Crippen molar-refractivity contribution in [3.8, 4) is 17.1 Å². The maximum atomic E-state index is 13.8. The van der Waals surface area contributed by atoms with Crippen LogP contribution in [0.1, 0.15) is 48.5 Å². The lowest BCUT2D eigenvalue weighted by atomic mass is 9.96. The average molecular weight is 593 g/mol. The van der Waals surface area contributed by atoms with Gasteiger partial charge in [0.2, 0.25) is 0 Å². The smallest absolute Gasteiger partial charge is 0.338 e. The maximum absolute atomic E-state index is 13.8. The van der Waals surface area contributed by atoms with Crippen molar-refractivity contribution in [1.82, 2.24) is 4.57 Å². The highest BCUT2D eigenvalue weighted by Gasteiger charge is 2.33. The molecule has 0 spiro atoms. The largest absolute Gasteiger partial charge is 0.494 e. The van der Waals surface area contributed by atoms with Gasteiger partial charge < -0.3 is 19.0 Å². The van der Waals surface area contributed by atoms with E-state index in [9.17, 15) is 19.5 Å². The van der Waals surface area contributed by atoms with E-state index in [1.54, 1.807) is 44.2 Å². The highest BCUT2D eigenvalue weighted by Crippen LogP contribution is 2.32. The number of aromatic nitrogens is 1. The molecule has 5 rings (SSSR count). The highest BCUT2D eigenvalue weighted by atomic mass is 35.5. The topological polar surface area (TPSA) is 120 Å². The fraction of sp³-hybridized carbons (Fsp3) is 0.200. The van der Waals surface area contributed by atoms with E-state index in [-0.39, 0.29) is 23.3 Å². The Morgan fingerprint density at radius 2 is 1.88 bits per heavy atom. The molecule has 2 aromatic carbocycles. The van der Waals surface area contributed by atoms with Crippen molar-refractivity contribution in [2.45, 2.75) is 26.8 Å². The molecule has 11 heteroatoms. The summed E-state index contributed by atoms with van der Waals surface area (Å²) >= 11 is 7.46.